The van der Waals surface area contributed by atoms with Crippen LogP contribution in [0.2, 0.25) is 0 Å². The summed E-state index contributed by atoms with van der Waals surface area (Å²) in [4.78, 5) is 25.4. The third-order valence-electron chi connectivity index (χ3n) is 4.64. The predicted molar refractivity (Wildman–Crippen MR) is 106 cm³/mol. The molecule has 0 bridgehead atoms. The number of amides is 1. The fraction of sp³-hybridized carbons (Fsp3) is 0.529. The van der Waals surface area contributed by atoms with Gasteiger partial charge in [0, 0.05) is 24.3 Å². The zero-order chi connectivity index (χ0) is 20.8. The number of benzene rings is 1. The molecule has 154 valence electrons. The van der Waals surface area contributed by atoms with Gasteiger partial charge in [0.25, 0.3) is 0 Å². The molecule has 2 atom stereocenters. The molecule has 1 aromatic carbocycles. The Morgan fingerprint density at radius 2 is 2.14 bits per heavy atom. The summed E-state index contributed by atoms with van der Waals surface area (Å²) >= 11 is 1.04. The van der Waals surface area contributed by atoms with Gasteiger partial charge in [-0.2, -0.15) is 11.8 Å². The molecule has 1 aliphatic heterocycles. The van der Waals surface area contributed by atoms with Crippen LogP contribution in [0.4, 0.5) is 0 Å². The Bertz CT molecular complexity index is 719. The summed E-state index contributed by atoms with van der Waals surface area (Å²) in [6.07, 6.45) is 1.67. The number of aromatic hydroxyl groups is 1. The summed E-state index contributed by atoms with van der Waals surface area (Å²) in [5, 5.41) is 38.1. The van der Waals surface area contributed by atoms with Crippen LogP contribution >= 0.6 is 11.8 Å². The van der Waals surface area contributed by atoms with Gasteiger partial charge in [0.1, 0.15) is 17.1 Å². The molecule has 2 unspecified atom stereocenters. The third kappa shape index (κ3) is 5.54. The highest BCUT2D eigenvalue weighted by Gasteiger charge is 2.29. The van der Waals surface area contributed by atoms with E-state index in [1.165, 1.54) is 19.2 Å². The number of hydrogen-bond acceptors (Lipinski definition) is 8. The molecule has 1 saturated heterocycles. The third-order valence-corrected chi connectivity index (χ3v) is 5.89. The SMILES string of the molecule is COc1ccc(CC(SCC(=O)N2CCCC(N)C2)B(O)O)c(O)c1C(=O)O. The number of methoxy groups -OCH3 is 1. The zero-order valence-corrected chi connectivity index (χ0v) is 16.4. The lowest BCUT2D eigenvalue weighted by Gasteiger charge is -2.31. The number of phenols is 1. The monoisotopic (exact) mass is 412 g/mol. The summed E-state index contributed by atoms with van der Waals surface area (Å²) in [6.45, 7) is 1.10. The number of thioether (sulfide) groups is 1. The van der Waals surface area contributed by atoms with Crippen LogP contribution in [0, 0.1) is 0 Å². The number of carboxylic acids is 1. The number of aromatic carboxylic acids is 1. The Hall–Kier alpha value is -1.95. The average Bonchev–Trinajstić information content (AvgIpc) is 2.65. The molecule has 1 heterocycles. The first kappa shape index (κ1) is 22.3. The molecule has 1 aromatic rings. The minimum Gasteiger partial charge on any atom is -0.507 e. The van der Waals surface area contributed by atoms with E-state index in [9.17, 15) is 29.9 Å². The van der Waals surface area contributed by atoms with Crippen molar-refractivity contribution in [3.8, 4) is 11.5 Å². The number of piperidine rings is 1. The predicted octanol–water partition coefficient (Wildman–Crippen LogP) is -0.295. The number of nitrogens with two attached hydrogens (primary N) is 1. The Morgan fingerprint density at radius 1 is 1.43 bits per heavy atom. The van der Waals surface area contributed by atoms with Crippen molar-refractivity contribution < 1.29 is 34.6 Å². The maximum atomic E-state index is 12.4. The van der Waals surface area contributed by atoms with Gasteiger partial charge in [0.05, 0.1) is 12.9 Å². The summed E-state index contributed by atoms with van der Waals surface area (Å²) in [7, 11) is -0.467. The lowest BCUT2D eigenvalue weighted by atomic mass is 9.81. The topological polar surface area (TPSA) is 154 Å². The van der Waals surface area contributed by atoms with Gasteiger partial charge >= 0.3 is 13.1 Å². The molecule has 9 nitrogen and oxygen atoms in total. The second kappa shape index (κ2) is 10.0. The smallest absolute Gasteiger partial charge is 0.465 e. The highest BCUT2D eigenvalue weighted by molar-refractivity contribution is 8.01. The molecule has 0 spiro atoms. The Kier molecular flexibility index (Phi) is 7.99. The van der Waals surface area contributed by atoms with Crippen molar-refractivity contribution in [2.75, 3.05) is 26.0 Å². The van der Waals surface area contributed by atoms with Crippen LogP contribution in [0.5, 0.6) is 11.5 Å². The van der Waals surface area contributed by atoms with Gasteiger partial charge < -0.3 is 35.6 Å². The summed E-state index contributed by atoms with van der Waals surface area (Å²) in [5.74, 6) is -1.97. The van der Waals surface area contributed by atoms with Crippen LogP contribution in [0.25, 0.3) is 0 Å². The number of carboxylic acid groups (broad SMARTS) is 1. The van der Waals surface area contributed by atoms with Crippen LogP contribution in [0.15, 0.2) is 12.1 Å². The van der Waals surface area contributed by atoms with Crippen LogP contribution in [-0.2, 0) is 11.2 Å². The highest BCUT2D eigenvalue weighted by atomic mass is 32.2. The van der Waals surface area contributed by atoms with Crippen LogP contribution in [0.3, 0.4) is 0 Å². The largest absolute Gasteiger partial charge is 0.507 e. The number of rotatable bonds is 8. The molecule has 0 aliphatic carbocycles. The van der Waals surface area contributed by atoms with Crippen molar-refractivity contribution in [3.63, 3.8) is 0 Å². The fourth-order valence-electron chi connectivity index (χ4n) is 3.13. The Labute approximate surface area is 167 Å². The van der Waals surface area contributed by atoms with Crippen molar-refractivity contribution in [1.82, 2.24) is 4.90 Å². The standard InChI is InChI=1S/C17H25BN2O7S/c1-27-12-5-4-10(16(22)15(12)17(23)24)7-13(18(25)26)28-9-14(21)20-6-2-3-11(19)8-20/h4-5,11,13,22,25-26H,2-3,6-9,19H2,1H3,(H,23,24). The van der Waals surface area contributed by atoms with E-state index < -0.39 is 29.5 Å². The number of ether oxygens (including phenoxy) is 1. The van der Waals surface area contributed by atoms with E-state index in [0.29, 0.717) is 13.1 Å². The molecule has 6 N–H and O–H groups in total. The van der Waals surface area contributed by atoms with E-state index in [2.05, 4.69) is 0 Å². The van der Waals surface area contributed by atoms with Crippen LogP contribution in [-0.4, -0.2) is 81.3 Å². The second-order valence-electron chi connectivity index (χ2n) is 6.66. The Morgan fingerprint density at radius 3 is 2.71 bits per heavy atom. The van der Waals surface area contributed by atoms with Crippen molar-refractivity contribution in [2.45, 2.75) is 30.5 Å². The number of carbonyl (C=O) groups excluding carboxylic acids is 1. The van der Waals surface area contributed by atoms with E-state index in [1.807, 2.05) is 0 Å². The number of likely N-dealkylation sites (tertiary alicyclic amines) is 1. The van der Waals surface area contributed by atoms with Gasteiger partial charge in [-0.15, -0.1) is 0 Å². The molecular weight excluding hydrogens is 387 g/mol. The summed E-state index contributed by atoms with van der Waals surface area (Å²) in [5.41, 5.74) is 5.71. The number of carbonyl (C=O) groups is 2. The van der Waals surface area contributed by atoms with Crippen molar-refractivity contribution in [3.05, 3.63) is 23.3 Å². The quantitative estimate of drug-likeness (QED) is 0.362. The molecule has 28 heavy (non-hydrogen) atoms. The number of hydrogen-bond donors (Lipinski definition) is 5. The van der Waals surface area contributed by atoms with Crippen molar-refractivity contribution in [2.24, 2.45) is 5.73 Å². The maximum Gasteiger partial charge on any atom is 0.465 e. The van der Waals surface area contributed by atoms with Gasteiger partial charge in [-0.3, -0.25) is 4.79 Å². The van der Waals surface area contributed by atoms with Gasteiger partial charge in [-0.05, 0) is 30.9 Å². The van der Waals surface area contributed by atoms with Gasteiger partial charge in [-0.1, -0.05) is 6.07 Å². The van der Waals surface area contributed by atoms with Crippen molar-refractivity contribution in [1.29, 1.82) is 0 Å². The summed E-state index contributed by atoms with van der Waals surface area (Å²) in [6, 6.07) is 2.80. The molecule has 1 amide bonds. The molecule has 0 aromatic heterocycles. The van der Waals surface area contributed by atoms with Gasteiger partial charge in [-0.25, -0.2) is 4.79 Å². The van der Waals surface area contributed by atoms with E-state index >= 15 is 0 Å². The highest BCUT2D eigenvalue weighted by Crippen LogP contribution is 2.33. The average molecular weight is 412 g/mol. The lowest BCUT2D eigenvalue weighted by molar-refractivity contribution is -0.129. The van der Waals surface area contributed by atoms with Crippen LogP contribution < -0.4 is 10.5 Å². The van der Waals surface area contributed by atoms with Gasteiger partial charge in [0.15, 0.2) is 0 Å². The normalized spacial score (nSPS) is 17.9. The maximum absolute atomic E-state index is 12.4. The first-order chi connectivity index (χ1) is 13.2. The Balaban J connectivity index is 2.08. The molecule has 2 rings (SSSR count). The second-order valence-corrected chi connectivity index (χ2v) is 7.89. The van der Waals surface area contributed by atoms with Gasteiger partial charge in [0.2, 0.25) is 5.91 Å². The molecular formula is C17H25BN2O7S. The lowest BCUT2D eigenvalue weighted by Crippen LogP contribution is -2.46. The summed E-state index contributed by atoms with van der Waals surface area (Å²) < 4.78 is 4.94. The van der Waals surface area contributed by atoms with E-state index in [4.69, 9.17) is 10.5 Å². The van der Waals surface area contributed by atoms with E-state index in [1.54, 1.807) is 4.90 Å². The zero-order valence-electron chi connectivity index (χ0n) is 15.6. The fourth-order valence-corrected chi connectivity index (χ4v) is 4.14. The first-order valence-electron chi connectivity index (χ1n) is 8.87. The minimum atomic E-state index is -1.75. The molecule has 0 radical (unpaired) electrons. The first-order valence-corrected chi connectivity index (χ1v) is 9.92. The number of nitrogens with zero attached hydrogens (tertiary/aromatic N) is 1. The molecule has 1 aliphatic rings. The molecule has 11 heteroatoms. The molecule has 0 saturated carbocycles. The molecule has 1 fully saturated rings. The minimum absolute atomic E-state index is 0.000819. The van der Waals surface area contributed by atoms with E-state index in [-0.39, 0.29) is 35.4 Å². The van der Waals surface area contributed by atoms with Crippen molar-refractivity contribution >= 4 is 30.8 Å². The van der Waals surface area contributed by atoms with Crippen LogP contribution in [0.1, 0.15) is 28.8 Å². The van der Waals surface area contributed by atoms with E-state index in [0.717, 1.165) is 24.6 Å².